The van der Waals surface area contributed by atoms with Crippen LogP contribution in [0.1, 0.15) is 27.1 Å². The average molecular weight is 435 g/mol. The number of hydrogen-bond donors (Lipinski definition) is 1. The summed E-state index contributed by atoms with van der Waals surface area (Å²) in [6, 6.07) is 17.4. The summed E-state index contributed by atoms with van der Waals surface area (Å²) in [6.45, 7) is 6.54. The van der Waals surface area contributed by atoms with Crippen molar-refractivity contribution in [3.8, 4) is 5.75 Å². The van der Waals surface area contributed by atoms with Gasteiger partial charge in [0.25, 0.3) is 11.8 Å². The van der Waals surface area contributed by atoms with Crippen molar-refractivity contribution in [1.29, 1.82) is 0 Å². The van der Waals surface area contributed by atoms with Crippen molar-refractivity contribution >= 4 is 11.8 Å². The van der Waals surface area contributed by atoms with Crippen LogP contribution >= 0.6 is 0 Å². The Labute approximate surface area is 188 Å². The van der Waals surface area contributed by atoms with Crippen LogP contribution in [-0.2, 0) is 0 Å². The molecule has 1 atom stereocenters. The number of carbonyl (C=O) groups excluding carboxylic acids is 2. The molecule has 0 bridgehead atoms. The second-order valence-corrected chi connectivity index (χ2v) is 8.82. The van der Waals surface area contributed by atoms with Gasteiger partial charge in [-0.05, 0) is 49.4 Å². The first kappa shape index (κ1) is 21.0. The molecule has 3 saturated heterocycles. The van der Waals surface area contributed by atoms with E-state index in [1.165, 1.54) is 0 Å². The first-order valence-corrected chi connectivity index (χ1v) is 11.5. The third-order valence-corrected chi connectivity index (χ3v) is 6.71. The smallest absolute Gasteiger partial charge is 0.253 e. The van der Waals surface area contributed by atoms with Gasteiger partial charge in [-0.25, -0.2) is 0 Å². The molecule has 168 valence electrons. The third kappa shape index (κ3) is 4.49. The molecule has 3 heterocycles. The molecule has 1 N–H and O–H groups in total. The predicted octanol–water partition coefficient (Wildman–Crippen LogP) is 1.71. The van der Waals surface area contributed by atoms with E-state index in [1.807, 2.05) is 64.4 Å². The van der Waals surface area contributed by atoms with Crippen molar-refractivity contribution in [2.24, 2.45) is 0 Å². The Morgan fingerprint density at radius 1 is 0.812 bits per heavy atom. The van der Waals surface area contributed by atoms with Gasteiger partial charge in [-0.1, -0.05) is 18.2 Å². The van der Waals surface area contributed by atoms with Crippen molar-refractivity contribution in [2.45, 2.75) is 18.6 Å². The van der Waals surface area contributed by atoms with Gasteiger partial charge in [0.15, 0.2) is 0 Å². The number of nitrogens with zero attached hydrogens (tertiary/aromatic N) is 3. The Bertz CT molecular complexity index is 929. The number of rotatable bonds is 5. The number of piperazine rings is 1. The average Bonchev–Trinajstić information content (AvgIpc) is 3.32. The zero-order valence-corrected chi connectivity index (χ0v) is 18.3. The molecule has 0 radical (unpaired) electrons. The fraction of sp³-hybridized carbons (Fsp3) is 0.440. The second kappa shape index (κ2) is 9.30. The van der Waals surface area contributed by atoms with Crippen LogP contribution < -0.4 is 10.1 Å². The molecule has 3 aliphatic rings. The van der Waals surface area contributed by atoms with Crippen molar-refractivity contribution < 1.29 is 14.3 Å². The summed E-state index contributed by atoms with van der Waals surface area (Å²) in [5.41, 5.74) is 1.45. The summed E-state index contributed by atoms with van der Waals surface area (Å²) in [7, 11) is 0. The molecule has 0 aromatic heterocycles. The molecule has 5 rings (SSSR count). The highest BCUT2D eigenvalue weighted by Crippen LogP contribution is 2.22. The minimum absolute atomic E-state index is 0.0771. The summed E-state index contributed by atoms with van der Waals surface area (Å²) in [5, 5.41) is 3.29. The van der Waals surface area contributed by atoms with E-state index in [0.717, 1.165) is 70.1 Å². The molecule has 7 nitrogen and oxygen atoms in total. The van der Waals surface area contributed by atoms with Gasteiger partial charge in [0, 0.05) is 63.0 Å². The quantitative estimate of drug-likeness (QED) is 0.776. The number of benzene rings is 2. The lowest BCUT2D eigenvalue weighted by atomic mass is 10.0. The Morgan fingerprint density at radius 2 is 1.47 bits per heavy atom. The number of carbonyl (C=O) groups is 2. The SMILES string of the molecule is O=C(c1ccccc1)N1CCN(C2CN(C(=O)c3ccc(OC4CCNC4)cc3)C2)CC1. The number of amides is 2. The van der Waals surface area contributed by atoms with E-state index in [9.17, 15) is 9.59 Å². The van der Waals surface area contributed by atoms with Gasteiger partial charge in [0.1, 0.15) is 11.9 Å². The van der Waals surface area contributed by atoms with E-state index in [-0.39, 0.29) is 17.9 Å². The minimum atomic E-state index is 0.0771. The Hall–Kier alpha value is -2.90. The molecule has 3 aliphatic heterocycles. The zero-order chi connectivity index (χ0) is 21.9. The van der Waals surface area contributed by atoms with Crippen molar-refractivity contribution in [1.82, 2.24) is 20.0 Å². The minimum Gasteiger partial charge on any atom is -0.489 e. The van der Waals surface area contributed by atoms with E-state index in [4.69, 9.17) is 4.74 Å². The van der Waals surface area contributed by atoms with E-state index in [2.05, 4.69) is 10.2 Å². The number of nitrogens with one attached hydrogen (secondary N) is 1. The van der Waals surface area contributed by atoms with Crippen LogP contribution in [-0.4, -0.2) is 91.0 Å². The fourth-order valence-electron chi connectivity index (χ4n) is 4.69. The van der Waals surface area contributed by atoms with Gasteiger partial charge >= 0.3 is 0 Å². The molecule has 2 amide bonds. The molecule has 2 aromatic rings. The molecule has 2 aromatic carbocycles. The predicted molar refractivity (Wildman–Crippen MR) is 122 cm³/mol. The highest BCUT2D eigenvalue weighted by Gasteiger charge is 2.37. The summed E-state index contributed by atoms with van der Waals surface area (Å²) in [5.74, 6) is 1.00. The van der Waals surface area contributed by atoms with E-state index >= 15 is 0 Å². The lowest BCUT2D eigenvalue weighted by Crippen LogP contribution is -2.64. The molecule has 0 spiro atoms. The summed E-state index contributed by atoms with van der Waals surface area (Å²) >= 11 is 0. The highest BCUT2D eigenvalue weighted by molar-refractivity contribution is 5.95. The summed E-state index contributed by atoms with van der Waals surface area (Å²) < 4.78 is 5.94. The lowest BCUT2D eigenvalue weighted by molar-refractivity contribution is 0.00853. The van der Waals surface area contributed by atoms with E-state index in [0.29, 0.717) is 11.6 Å². The van der Waals surface area contributed by atoms with Crippen molar-refractivity contribution in [3.63, 3.8) is 0 Å². The van der Waals surface area contributed by atoms with Crippen LogP contribution in [0.3, 0.4) is 0 Å². The fourth-order valence-corrected chi connectivity index (χ4v) is 4.69. The standard InChI is InChI=1S/C25H30N4O3/c30-24(19-4-2-1-3-5-19)28-14-12-27(13-15-28)21-17-29(18-21)25(31)20-6-8-22(9-7-20)32-23-10-11-26-16-23/h1-9,21,23,26H,10-18H2. The van der Waals surface area contributed by atoms with E-state index in [1.54, 1.807) is 0 Å². The van der Waals surface area contributed by atoms with Crippen LogP contribution in [0.2, 0.25) is 0 Å². The molecular weight excluding hydrogens is 404 g/mol. The van der Waals surface area contributed by atoms with Crippen molar-refractivity contribution in [3.05, 3.63) is 65.7 Å². The molecule has 0 aliphatic carbocycles. The lowest BCUT2D eigenvalue weighted by Gasteiger charge is -2.48. The highest BCUT2D eigenvalue weighted by atomic mass is 16.5. The molecule has 32 heavy (non-hydrogen) atoms. The Morgan fingerprint density at radius 3 is 2.12 bits per heavy atom. The van der Waals surface area contributed by atoms with Crippen molar-refractivity contribution in [2.75, 3.05) is 52.4 Å². The first-order chi connectivity index (χ1) is 15.7. The van der Waals surface area contributed by atoms with Crippen LogP contribution in [0.25, 0.3) is 0 Å². The molecule has 3 fully saturated rings. The molecule has 7 heteroatoms. The van der Waals surface area contributed by atoms with Crippen LogP contribution in [0, 0.1) is 0 Å². The van der Waals surface area contributed by atoms with Gasteiger partial charge in [-0.3, -0.25) is 14.5 Å². The number of likely N-dealkylation sites (tertiary alicyclic amines) is 1. The van der Waals surface area contributed by atoms with Gasteiger partial charge in [-0.15, -0.1) is 0 Å². The van der Waals surface area contributed by atoms with Crippen LogP contribution in [0.4, 0.5) is 0 Å². The Kier molecular flexibility index (Phi) is 6.10. The molecule has 1 unspecified atom stereocenters. The topological polar surface area (TPSA) is 65.1 Å². The Balaban J connectivity index is 1.08. The summed E-state index contributed by atoms with van der Waals surface area (Å²) in [4.78, 5) is 31.7. The van der Waals surface area contributed by atoms with E-state index < -0.39 is 0 Å². The van der Waals surface area contributed by atoms with Crippen LogP contribution in [0.5, 0.6) is 5.75 Å². The number of hydrogen-bond acceptors (Lipinski definition) is 5. The van der Waals surface area contributed by atoms with Gasteiger partial charge in [0.05, 0.1) is 0 Å². The maximum absolute atomic E-state index is 12.8. The maximum Gasteiger partial charge on any atom is 0.253 e. The maximum atomic E-state index is 12.8. The largest absolute Gasteiger partial charge is 0.489 e. The molecule has 0 saturated carbocycles. The second-order valence-electron chi connectivity index (χ2n) is 8.82. The van der Waals surface area contributed by atoms with Gasteiger partial charge in [-0.2, -0.15) is 0 Å². The third-order valence-electron chi connectivity index (χ3n) is 6.71. The number of ether oxygens (including phenoxy) is 1. The summed E-state index contributed by atoms with van der Waals surface area (Å²) in [6.07, 6.45) is 1.24. The van der Waals surface area contributed by atoms with Gasteiger partial charge < -0.3 is 19.9 Å². The van der Waals surface area contributed by atoms with Gasteiger partial charge in [0.2, 0.25) is 0 Å². The van der Waals surface area contributed by atoms with Crippen LogP contribution in [0.15, 0.2) is 54.6 Å². The zero-order valence-electron chi connectivity index (χ0n) is 18.3. The molecular formula is C25H30N4O3. The first-order valence-electron chi connectivity index (χ1n) is 11.5. The monoisotopic (exact) mass is 434 g/mol. The normalized spacial score (nSPS) is 21.9.